The summed E-state index contributed by atoms with van der Waals surface area (Å²) in [4.78, 5) is 19.0. The lowest BCUT2D eigenvalue weighted by Crippen LogP contribution is -2.51. The van der Waals surface area contributed by atoms with Gasteiger partial charge in [0.25, 0.3) is 5.91 Å². The summed E-state index contributed by atoms with van der Waals surface area (Å²) < 4.78 is 11.4. The number of methoxy groups -OCH3 is 1. The third kappa shape index (κ3) is 4.02. The number of aromatic nitrogens is 1. The Kier molecular flexibility index (Phi) is 5.16. The van der Waals surface area contributed by atoms with Gasteiger partial charge in [-0.25, -0.2) is 0 Å². The number of nitrogens with zero attached hydrogens (tertiary/aromatic N) is 2. The monoisotopic (exact) mass is 318 g/mol. The summed E-state index contributed by atoms with van der Waals surface area (Å²) in [6.07, 6.45) is 7.74. The van der Waals surface area contributed by atoms with E-state index in [-0.39, 0.29) is 18.1 Å². The number of hydrogen-bond acceptors (Lipinski definition) is 4. The molecule has 2 heterocycles. The number of ether oxygens (including phenoxy) is 2. The molecular weight excluding hydrogens is 292 g/mol. The highest BCUT2D eigenvalue weighted by molar-refractivity contribution is 5.92. The van der Waals surface area contributed by atoms with Crippen LogP contribution < -0.4 is 4.74 Å². The van der Waals surface area contributed by atoms with E-state index < -0.39 is 0 Å². The fourth-order valence-electron chi connectivity index (χ4n) is 3.17. The van der Waals surface area contributed by atoms with E-state index in [4.69, 9.17) is 9.47 Å². The van der Waals surface area contributed by atoms with Gasteiger partial charge in [-0.1, -0.05) is 19.8 Å². The second-order valence-electron chi connectivity index (χ2n) is 6.57. The molecule has 2 fully saturated rings. The Labute approximate surface area is 138 Å². The maximum atomic E-state index is 12.8. The molecule has 1 amide bonds. The molecule has 1 aliphatic heterocycles. The van der Waals surface area contributed by atoms with Crippen molar-refractivity contribution in [2.45, 2.75) is 51.2 Å². The van der Waals surface area contributed by atoms with Gasteiger partial charge in [0, 0.05) is 25.4 Å². The Morgan fingerprint density at radius 2 is 2.26 bits per heavy atom. The van der Waals surface area contributed by atoms with Crippen molar-refractivity contribution in [2.75, 3.05) is 20.2 Å². The molecule has 0 bridgehead atoms. The highest BCUT2D eigenvalue weighted by Crippen LogP contribution is 2.37. The lowest BCUT2D eigenvalue weighted by Gasteiger charge is -2.38. The van der Waals surface area contributed by atoms with Crippen LogP contribution in [0, 0.1) is 5.92 Å². The van der Waals surface area contributed by atoms with Crippen molar-refractivity contribution in [1.82, 2.24) is 9.88 Å². The second kappa shape index (κ2) is 7.30. The molecule has 0 N–H and O–H groups in total. The van der Waals surface area contributed by atoms with Gasteiger partial charge in [0.05, 0.1) is 19.3 Å². The van der Waals surface area contributed by atoms with E-state index in [0.717, 1.165) is 19.3 Å². The first-order valence-corrected chi connectivity index (χ1v) is 8.66. The Bertz CT molecular complexity index is 545. The standard InChI is InChI=1S/C18H26N2O3/c1-3-4-5-15-11-20(12-17(23-15)13-6-7-13)18(21)16-10-14(22-2)8-9-19-16/h8-10,13,15,17H,3-7,11-12H2,1-2H3/t15-,17-/m1/s1. The molecule has 1 aromatic rings. The SMILES string of the molecule is CCCC[C@@H]1CN(C(=O)c2cc(OC)ccn2)C[C@H](C2CC2)O1. The van der Waals surface area contributed by atoms with Gasteiger partial charge in [-0.3, -0.25) is 9.78 Å². The number of morpholine rings is 1. The van der Waals surface area contributed by atoms with Gasteiger partial charge in [0.1, 0.15) is 11.4 Å². The van der Waals surface area contributed by atoms with Crippen LogP contribution in [0.25, 0.3) is 0 Å². The van der Waals surface area contributed by atoms with Crippen molar-refractivity contribution < 1.29 is 14.3 Å². The average Bonchev–Trinajstić information content (AvgIpc) is 3.44. The van der Waals surface area contributed by atoms with Crippen molar-refractivity contribution in [3.63, 3.8) is 0 Å². The lowest BCUT2D eigenvalue weighted by atomic mass is 10.1. The molecule has 5 nitrogen and oxygen atoms in total. The van der Waals surface area contributed by atoms with Crippen molar-refractivity contribution in [1.29, 1.82) is 0 Å². The number of carbonyl (C=O) groups excluding carboxylic acids is 1. The molecule has 1 aromatic heterocycles. The number of unbranched alkanes of at least 4 members (excludes halogenated alkanes) is 1. The molecule has 0 spiro atoms. The minimum atomic E-state index is -0.0145. The predicted octanol–water partition coefficient (Wildman–Crippen LogP) is 2.90. The lowest BCUT2D eigenvalue weighted by molar-refractivity contribution is -0.0875. The maximum absolute atomic E-state index is 12.8. The molecule has 2 atom stereocenters. The first-order chi connectivity index (χ1) is 11.2. The van der Waals surface area contributed by atoms with E-state index in [9.17, 15) is 4.79 Å². The van der Waals surface area contributed by atoms with Gasteiger partial charge in [0.2, 0.25) is 0 Å². The van der Waals surface area contributed by atoms with Crippen molar-refractivity contribution in [3.05, 3.63) is 24.0 Å². The van der Waals surface area contributed by atoms with E-state index in [1.807, 2.05) is 4.90 Å². The van der Waals surface area contributed by atoms with Gasteiger partial charge in [0.15, 0.2) is 0 Å². The number of amides is 1. The molecule has 2 aliphatic rings. The van der Waals surface area contributed by atoms with E-state index in [1.165, 1.54) is 12.8 Å². The second-order valence-corrected chi connectivity index (χ2v) is 6.57. The largest absolute Gasteiger partial charge is 0.497 e. The van der Waals surface area contributed by atoms with Crippen LogP contribution in [0.1, 0.15) is 49.5 Å². The van der Waals surface area contributed by atoms with Crippen molar-refractivity contribution in [3.8, 4) is 5.75 Å². The third-order valence-electron chi connectivity index (χ3n) is 4.69. The molecule has 0 aromatic carbocycles. The highest BCUT2D eigenvalue weighted by Gasteiger charge is 2.39. The van der Waals surface area contributed by atoms with Crippen LogP contribution in [0.15, 0.2) is 18.3 Å². The molecule has 0 unspecified atom stereocenters. The molecule has 0 radical (unpaired) electrons. The van der Waals surface area contributed by atoms with Crippen LogP contribution >= 0.6 is 0 Å². The zero-order chi connectivity index (χ0) is 16.2. The topological polar surface area (TPSA) is 51.7 Å². The van der Waals surface area contributed by atoms with Crippen LogP contribution in [0.4, 0.5) is 0 Å². The first-order valence-electron chi connectivity index (χ1n) is 8.66. The molecule has 1 saturated heterocycles. The summed E-state index contributed by atoms with van der Waals surface area (Å²) in [7, 11) is 1.60. The molecule has 1 aliphatic carbocycles. The van der Waals surface area contributed by atoms with Gasteiger partial charge in [-0.2, -0.15) is 0 Å². The van der Waals surface area contributed by atoms with Crippen LogP contribution in [0.5, 0.6) is 5.75 Å². The summed E-state index contributed by atoms with van der Waals surface area (Å²) in [6, 6.07) is 3.47. The summed E-state index contributed by atoms with van der Waals surface area (Å²) >= 11 is 0. The Morgan fingerprint density at radius 1 is 1.43 bits per heavy atom. The number of carbonyl (C=O) groups is 1. The maximum Gasteiger partial charge on any atom is 0.272 e. The summed E-state index contributed by atoms with van der Waals surface area (Å²) in [5.74, 6) is 1.28. The molecule has 23 heavy (non-hydrogen) atoms. The predicted molar refractivity (Wildman–Crippen MR) is 87.6 cm³/mol. The van der Waals surface area contributed by atoms with Gasteiger partial charge < -0.3 is 14.4 Å². The number of hydrogen-bond donors (Lipinski definition) is 0. The molecule has 1 saturated carbocycles. The molecular formula is C18H26N2O3. The zero-order valence-electron chi connectivity index (χ0n) is 14.0. The number of rotatable bonds is 6. The summed E-state index contributed by atoms with van der Waals surface area (Å²) in [5.41, 5.74) is 0.454. The van der Waals surface area contributed by atoms with Crippen LogP contribution in [0.2, 0.25) is 0 Å². The zero-order valence-corrected chi connectivity index (χ0v) is 14.0. The highest BCUT2D eigenvalue weighted by atomic mass is 16.5. The smallest absolute Gasteiger partial charge is 0.272 e. The van der Waals surface area contributed by atoms with E-state index in [1.54, 1.807) is 25.4 Å². The van der Waals surface area contributed by atoms with Crippen molar-refractivity contribution in [2.24, 2.45) is 5.92 Å². The molecule has 5 heteroatoms. The van der Waals surface area contributed by atoms with Gasteiger partial charge >= 0.3 is 0 Å². The first kappa shape index (κ1) is 16.2. The van der Waals surface area contributed by atoms with Crippen LogP contribution in [-0.4, -0.2) is 48.2 Å². The van der Waals surface area contributed by atoms with Gasteiger partial charge in [-0.15, -0.1) is 0 Å². The Balaban J connectivity index is 1.71. The normalized spacial score (nSPS) is 24.5. The summed E-state index contributed by atoms with van der Waals surface area (Å²) in [6.45, 7) is 3.54. The molecule has 3 rings (SSSR count). The quantitative estimate of drug-likeness (QED) is 0.809. The molecule has 126 valence electrons. The fraction of sp³-hybridized carbons (Fsp3) is 0.667. The number of pyridine rings is 1. The third-order valence-corrected chi connectivity index (χ3v) is 4.69. The van der Waals surface area contributed by atoms with E-state index in [0.29, 0.717) is 30.5 Å². The van der Waals surface area contributed by atoms with Crippen LogP contribution in [0.3, 0.4) is 0 Å². The Morgan fingerprint density at radius 3 is 2.96 bits per heavy atom. The fourth-order valence-corrected chi connectivity index (χ4v) is 3.17. The van der Waals surface area contributed by atoms with Crippen molar-refractivity contribution >= 4 is 5.91 Å². The van der Waals surface area contributed by atoms with E-state index in [2.05, 4.69) is 11.9 Å². The minimum Gasteiger partial charge on any atom is -0.497 e. The van der Waals surface area contributed by atoms with Gasteiger partial charge in [-0.05, 0) is 31.2 Å². The minimum absolute atomic E-state index is 0.0145. The average molecular weight is 318 g/mol. The van der Waals surface area contributed by atoms with E-state index >= 15 is 0 Å². The summed E-state index contributed by atoms with van der Waals surface area (Å²) in [5, 5.41) is 0. The van der Waals surface area contributed by atoms with Crippen LogP contribution in [-0.2, 0) is 4.74 Å². The Hall–Kier alpha value is -1.62.